The predicted molar refractivity (Wildman–Crippen MR) is 110 cm³/mol. The number of para-hydroxylation sites is 1. The lowest BCUT2D eigenvalue weighted by Crippen LogP contribution is -2.50. The van der Waals surface area contributed by atoms with Gasteiger partial charge in [0, 0.05) is 24.8 Å². The van der Waals surface area contributed by atoms with Gasteiger partial charge >= 0.3 is 0 Å². The van der Waals surface area contributed by atoms with Gasteiger partial charge in [-0.15, -0.1) is 0 Å². The van der Waals surface area contributed by atoms with Gasteiger partial charge in [-0.05, 0) is 56.4 Å². The molecule has 4 rings (SSSR count). The molecule has 2 heterocycles. The first-order valence-corrected chi connectivity index (χ1v) is 11.4. The van der Waals surface area contributed by atoms with E-state index in [2.05, 4.69) is 13.0 Å². The van der Waals surface area contributed by atoms with Crippen molar-refractivity contribution in [2.45, 2.75) is 43.5 Å². The molecule has 0 aromatic heterocycles. The van der Waals surface area contributed by atoms with Crippen LogP contribution in [-0.2, 0) is 21.2 Å². The average Bonchev–Trinajstić information content (AvgIpc) is 2.74. The zero-order chi connectivity index (χ0) is 19.7. The summed E-state index contributed by atoms with van der Waals surface area (Å²) in [5.41, 5.74) is 2.17. The van der Waals surface area contributed by atoms with Crippen molar-refractivity contribution in [2.24, 2.45) is 5.92 Å². The van der Waals surface area contributed by atoms with Crippen LogP contribution < -0.4 is 4.90 Å². The van der Waals surface area contributed by atoms with Crippen LogP contribution in [0.1, 0.15) is 31.7 Å². The summed E-state index contributed by atoms with van der Waals surface area (Å²) in [4.78, 5) is 15.6. The summed E-state index contributed by atoms with van der Waals surface area (Å²) < 4.78 is 27.5. The number of benzene rings is 2. The number of carbonyl (C=O) groups is 1. The molecule has 0 radical (unpaired) electrons. The standard InChI is InChI=1S/C22H26N2O3S/c1-17-13-14-18-8-5-6-12-21(18)24(17)22(25)19-9-7-15-23(16-19)28(26,27)20-10-3-2-4-11-20/h2-6,8,10-12,17,19H,7,9,13-16H2,1H3. The van der Waals surface area contributed by atoms with Crippen LogP contribution in [0.5, 0.6) is 0 Å². The van der Waals surface area contributed by atoms with Crippen molar-refractivity contribution < 1.29 is 13.2 Å². The maximum Gasteiger partial charge on any atom is 0.243 e. The Morgan fingerprint density at radius 2 is 1.71 bits per heavy atom. The molecule has 2 aliphatic heterocycles. The third-order valence-corrected chi connectivity index (χ3v) is 7.75. The van der Waals surface area contributed by atoms with Crippen LogP contribution in [0.15, 0.2) is 59.5 Å². The molecule has 148 valence electrons. The molecule has 0 N–H and O–H groups in total. The number of nitrogens with zero attached hydrogens (tertiary/aromatic N) is 2. The molecule has 0 bridgehead atoms. The normalized spacial score (nSPS) is 23.2. The number of amides is 1. The van der Waals surface area contributed by atoms with E-state index in [0.29, 0.717) is 17.9 Å². The van der Waals surface area contributed by atoms with Crippen molar-refractivity contribution in [1.82, 2.24) is 4.31 Å². The fraction of sp³-hybridized carbons (Fsp3) is 0.409. The van der Waals surface area contributed by atoms with Gasteiger partial charge in [-0.3, -0.25) is 4.79 Å². The van der Waals surface area contributed by atoms with Crippen molar-refractivity contribution in [1.29, 1.82) is 0 Å². The van der Waals surface area contributed by atoms with E-state index < -0.39 is 10.0 Å². The molecule has 2 atom stereocenters. The molecular weight excluding hydrogens is 372 g/mol. The van der Waals surface area contributed by atoms with Crippen molar-refractivity contribution in [3.05, 3.63) is 60.2 Å². The highest BCUT2D eigenvalue weighted by atomic mass is 32.2. The third-order valence-electron chi connectivity index (χ3n) is 5.88. The first-order valence-electron chi connectivity index (χ1n) is 9.94. The number of aryl methyl sites for hydroxylation is 1. The van der Waals surface area contributed by atoms with E-state index in [1.54, 1.807) is 30.3 Å². The van der Waals surface area contributed by atoms with Gasteiger partial charge in [0.15, 0.2) is 0 Å². The van der Waals surface area contributed by atoms with E-state index in [1.807, 2.05) is 23.1 Å². The lowest BCUT2D eigenvalue weighted by atomic mass is 9.92. The van der Waals surface area contributed by atoms with Crippen LogP contribution in [0.2, 0.25) is 0 Å². The maximum absolute atomic E-state index is 13.4. The van der Waals surface area contributed by atoms with Crippen LogP contribution in [-0.4, -0.2) is 37.8 Å². The molecule has 28 heavy (non-hydrogen) atoms. The van der Waals surface area contributed by atoms with E-state index in [-0.39, 0.29) is 24.4 Å². The summed E-state index contributed by atoms with van der Waals surface area (Å²) >= 11 is 0. The second-order valence-electron chi connectivity index (χ2n) is 7.74. The van der Waals surface area contributed by atoms with Crippen molar-refractivity contribution in [2.75, 3.05) is 18.0 Å². The van der Waals surface area contributed by atoms with Gasteiger partial charge in [0.2, 0.25) is 15.9 Å². The highest BCUT2D eigenvalue weighted by molar-refractivity contribution is 7.89. The van der Waals surface area contributed by atoms with Gasteiger partial charge in [0.1, 0.15) is 0 Å². The fourth-order valence-electron chi connectivity index (χ4n) is 4.32. The minimum Gasteiger partial charge on any atom is -0.309 e. The van der Waals surface area contributed by atoms with Crippen molar-refractivity contribution >= 4 is 21.6 Å². The molecule has 0 saturated carbocycles. The predicted octanol–water partition coefficient (Wildman–Crippen LogP) is 3.46. The van der Waals surface area contributed by atoms with Crippen molar-refractivity contribution in [3.63, 3.8) is 0 Å². The maximum atomic E-state index is 13.4. The molecule has 1 fully saturated rings. The Kier molecular flexibility index (Phi) is 5.25. The average molecular weight is 399 g/mol. The molecule has 2 aromatic rings. The SMILES string of the molecule is CC1CCc2ccccc2N1C(=O)C1CCCN(S(=O)(=O)c2ccccc2)C1. The van der Waals surface area contributed by atoms with E-state index in [0.717, 1.165) is 24.9 Å². The highest BCUT2D eigenvalue weighted by Crippen LogP contribution is 2.33. The van der Waals surface area contributed by atoms with Crippen molar-refractivity contribution in [3.8, 4) is 0 Å². The molecular formula is C22H26N2O3S. The van der Waals surface area contributed by atoms with Gasteiger partial charge in [-0.25, -0.2) is 8.42 Å². The Bertz CT molecular complexity index is 959. The molecule has 2 unspecified atom stereocenters. The quantitative estimate of drug-likeness (QED) is 0.796. The van der Waals surface area contributed by atoms with E-state index in [9.17, 15) is 13.2 Å². The molecule has 6 heteroatoms. The summed E-state index contributed by atoms with van der Waals surface area (Å²) in [5, 5.41) is 0. The van der Waals surface area contributed by atoms with Crippen LogP contribution in [0, 0.1) is 5.92 Å². The Morgan fingerprint density at radius 1 is 1.00 bits per heavy atom. The summed E-state index contributed by atoms with van der Waals surface area (Å²) in [6, 6.07) is 16.7. The molecule has 5 nitrogen and oxygen atoms in total. The minimum atomic E-state index is -3.57. The fourth-order valence-corrected chi connectivity index (χ4v) is 5.87. The smallest absolute Gasteiger partial charge is 0.243 e. The number of fused-ring (bicyclic) bond motifs is 1. The van der Waals surface area contributed by atoms with Gasteiger partial charge in [0.25, 0.3) is 0 Å². The molecule has 0 aliphatic carbocycles. The summed E-state index contributed by atoms with van der Waals surface area (Å²) in [7, 11) is -3.57. The van der Waals surface area contributed by atoms with Gasteiger partial charge in [-0.2, -0.15) is 4.31 Å². The number of rotatable bonds is 3. The number of anilines is 1. The molecule has 2 aromatic carbocycles. The van der Waals surface area contributed by atoms with Gasteiger partial charge < -0.3 is 4.90 Å². The first kappa shape index (κ1) is 19.2. The van der Waals surface area contributed by atoms with Gasteiger partial charge in [0.05, 0.1) is 10.8 Å². The van der Waals surface area contributed by atoms with E-state index >= 15 is 0 Å². The molecule has 1 amide bonds. The second-order valence-corrected chi connectivity index (χ2v) is 9.68. The topological polar surface area (TPSA) is 57.7 Å². The van der Waals surface area contributed by atoms with Gasteiger partial charge in [-0.1, -0.05) is 36.4 Å². The Balaban J connectivity index is 1.58. The lowest BCUT2D eigenvalue weighted by molar-refractivity contribution is -0.124. The minimum absolute atomic E-state index is 0.0487. The Morgan fingerprint density at radius 3 is 2.50 bits per heavy atom. The largest absolute Gasteiger partial charge is 0.309 e. The number of sulfonamides is 1. The molecule has 2 aliphatic rings. The van der Waals surface area contributed by atoms with Crippen LogP contribution in [0.4, 0.5) is 5.69 Å². The van der Waals surface area contributed by atoms with Crippen LogP contribution >= 0.6 is 0 Å². The monoisotopic (exact) mass is 398 g/mol. The van der Waals surface area contributed by atoms with Crippen LogP contribution in [0.25, 0.3) is 0 Å². The molecule has 1 saturated heterocycles. The highest BCUT2D eigenvalue weighted by Gasteiger charge is 2.38. The Labute approximate surface area is 167 Å². The Hall–Kier alpha value is -2.18. The number of hydrogen-bond acceptors (Lipinski definition) is 3. The number of piperidine rings is 1. The van der Waals surface area contributed by atoms with E-state index in [4.69, 9.17) is 0 Å². The zero-order valence-corrected chi connectivity index (χ0v) is 16.9. The second kappa shape index (κ2) is 7.68. The number of hydrogen-bond donors (Lipinski definition) is 0. The zero-order valence-electron chi connectivity index (χ0n) is 16.1. The first-order chi connectivity index (χ1) is 13.5. The molecule has 0 spiro atoms. The third kappa shape index (κ3) is 3.47. The number of carbonyl (C=O) groups excluding carboxylic acids is 1. The summed E-state index contributed by atoms with van der Waals surface area (Å²) in [6.45, 7) is 2.80. The summed E-state index contributed by atoms with van der Waals surface area (Å²) in [5.74, 6) is -0.256. The van der Waals surface area contributed by atoms with E-state index in [1.165, 1.54) is 9.87 Å². The van der Waals surface area contributed by atoms with Crippen LogP contribution in [0.3, 0.4) is 0 Å². The lowest BCUT2D eigenvalue weighted by Gasteiger charge is -2.39. The summed E-state index contributed by atoms with van der Waals surface area (Å²) in [6.07, 6.45) is 3.33.